The van der Waals surface area contributed by atoms with Crippen molar-refractivity contribution in [1.82, 2.24) is 0 Å². The lowest BCUT2D eigenvalue weighted by molar-refractivity contribution is 0.0979. The van der Waals surface area contributed by atoms with E-state index in [1.807, 2.05) is 94.7 Å². The van der Waals surface area contributed by atoms with Crippen LogP contribution in [0.1, 0.15) is 58.5 Å². The van der Waals surface area contributed by atoms with Crippen molar-refractivity contribution in [2.75, 3.05) is 33.5 Å². The number of hydrogen-bond donors (Lipinski definition) is 2. The van der Waals surface area contributed by atoms with Gasteiger partial charge in [-0.3, -0.25) is 9.59 Å². The Kier molecular flexibility index (Phi) is 9.58. The van der Waals surface area contributed by atoms with Gasteiger partial charge in [0.25, 0.3) is 11.8 Å². The van der Waals surface area contributed by atoms with Crippen molar-refractivity contribution in [2.45, 2.75) is 52.0 Å². The van der Waals surface area contributed by atoms with E-state index in [9.17, 15) is 9.59 Å². The topological polar surface area (TPSA) is 73.9 Å². The molecule has 2 atom stereocenters. The van der Waals surface area contributed by atoms with Crippen LogP contribution >= 0.6 is 31.9 Å². The lowest BCUT2D eigenvalue weighted by Gasteiger charge is -2.23. The molecule has 2 unspecified atom stereocenters. The summed E-state index contributed by atoms with van der Waals surface area (Å²) in [6, 6.07) is 27.7. The summed E-state index contributed by atoms with van der Waals surface area (Å²) in [6.45, 7) is 6.13. The van der Waals surface area contributed by atoms with E-state index in [2.05, 4.69) is 56.3 Å². The summed E-state index contributed by atoms with van der Waals surface area (Å²) in [7, 11) is 0. The quantitative estimate of drug-likeness (QED) is 0.208. The lowest BCUT2D eigenvalue weighted by Crippen LogP contribution is -2.32. The van der Waals surface area contributed by atoms with Crippen LogP contribution < -0.4 is 20.4 Å². The summed E-state index contributed by atoms with van der Waals surface area (Å²) < 4.78 is 7.92. The second-order valence-electron chi connectivity index (χ2n) is 11.7. The molecule has 4 aromatic carbocycles. The van der Waals surface area contributed by atoms with Crippen LogP contribution in [0.5, 0.6) is 0 Å². The van der Waals surface area contributed by atoms with Gasteiger partial charge in [0.05, 0.1) is 36.0 Å². The summed E-state index contributed by atoms with van der Waals surface area (Å²) in [5, 5.41) is 7.03. The number of hydrogen-bond acceptors (Lipinski definition) is 5. The van der Waals surface area contributed by atoms with Crippen LogP contribution in [0.2, 0.25) is 0 Å². The fourth-order valence-electron chi connectivity index (χ4n) is 5.87. The van der Waals surface area contributed by atoms with E-state index in [0.717, 1.165) is 55.7 Å². The Balaban J connectivity index is 1.16. The fraction of sp³-hybridized carbons (Fsp3) is 0.278. The molecule has 2 amide bonds. The van der Waals surface area contributed by atoms with Gasteiger partial charge in [-0.15, -0.1) is 0 Å². The van der Waals surface area contributed by atoms with Gasteiger partial charge < -0.3 is 25.2 Å². The van der Waals surface area contributed by atoms with Crippen molar-refractivity contribution < 1.29 is 14.3 Å². The molecule has 7 nitrogen and oxygen atoms in total. The number of nitrogens with zero attached hydrogens (tertiary/aromatic N) is 2. The van der Waals surface area contributed by atoms with Gasteiger partial charge in [0.1, 0.15) is 0 Å². The first kappa shape index (κ1) is 31.3. The molecular weight excluding hydrogens is 696 g/mol. The number of benzene rings is 4. The van der Waals surface area contributed by atoms with E-state index in [1.165, 1.54) is 0 Å². The number of ether oxygens (including phenoxy) is 1. The Bertz CT molecular complexity index is 1600. The number of rotatable bonds is 6. The van der Waals surface area contributed by atoms with Crippen LogP contribution in [0.25, 0.3) is 0 Å². The van der Waals surface area contributed by atoms with Crippen molar-refractivity contribution in [1.29, 1.82) is 0 Å². The average Bonchev–Trinajstić information content (AvgIpc) is 3.32. The third-order valence-corrected chi connectivity index (χ3v) is 9.90. The van der Waals surface area contributed by atoms with Gasteiger partial charge in [0.15, 0.2) is 0 Å². The highest BCUT2D eigenvalue weighted by Gasteiger charge is 2.26. The summed E-state index contributed by atoms with van der Waals surface area (Å²) in [6.07, 6.45) is 1.70. The average molecular weight is 733 g/mol. The minimum Gasteiger partial charge on any atom is -0.381 e. The normalized spacial score (nSPS) is 17.7. The molecule has 0 fully saturated rings. The summed E-state index contributed by atoms with van der Waals surface area (Å²) in [5.74, 6) is -0.0820. The smallest absolute Gasteiger partial charge is 0.258 e. The van der Waals surface area contributed by atoms with E-state index in [-0.39, 0.29) is 23.9 Å². The first-order valence-electron chi connectivity index (χ1n) is 15.3. The van der Waals surface area contributed by atoms with Crippen LogP contribution in [0, 0.1) is 0 Å². The van der Waals surface area contributed by atoms with E-state index < -0.39 is 0 Å². The summed E-state index contributed by atoms with van der Waals surface area (Å²) in [5.41, 5.74) is 6.68. The molecule has 4 aromatic rings. The van der Waals surface area contributed by atoms with E-state index in [4.69, 9.17) is 4.74 Å². The summed E-state index contributed by atoms with van der Waals surface area (Å²) in [4.78, 5) is 31.3. The molecule has 0 aromatic heterocycles. The highest BCUT2D eigenvalue weighted by molar-refractivity contribution is 9.10. The van der Waals surface area contributed by atoms with Crippen molar-refractivity contribution >= 4 is 66.4 Å². The van der Waals surface area contributed by atoms with Crippen LogP contribution in [0.4, 0.5) is 22.7 Å². The number of anilines is 4. The summed E-state index contributed by atoms with van der Waals surface area (Å²) >= 11 is 7.28. The van der Waals surface area contributed by atoms with E-state index >= 15 is 0 Å². The minimum absolute atomic E-state index is 0.0410. The number of nitrogens with one attached hydrogen (secondary N) is 2. The Morgan fingerprint density at radius 2 is 1.11 bits per heavy atom. The molecule has 232 valence electrons. The van der Waals surface area contributed by atoms with Gasteiger partial charge in [-0.05, 0) is 98.5 Å². The van der Waals surface area contributed by atoms with Gasteiger partial charge in [0, 0.05) is 45.2 Å². The maximum Gasteiger partial charge on any atom is 0.258 e. The molecule has 2 aliphatic heterocycles. The molecule has 9 heteroatoms. The van der Waals surface area contributed by atoms with Gasteiger partial charge in [0.2, 0.25) is 0 Å². The number of para-hydroxylation sites is 4. The molecule has 2 aliphatic rings. The first-order valence-corrected chi connectivity index (χ1v) is 16.9. The Hall–Kier alpha value is -3.66. The maximum absolute atomic E-state index is 13.8. The number of amides is 2. The first-order chi connectivity index (χ1) is 21.8. The van der Waals surface area contributed by atoms with Crippen molar-refractivity contribution in [2.24, 2.45) is 0 Å². The Morgan fingerprint density at radius 3 is 1.56 bits per heavy atom. The standard InChI is InChI=1S/C36H36Br2N4O3/c1-23-15-17-41(33-9-5-3-7-31(33)39-23)35(43)25-11-13-29(37)27(19-25)21-45-22-28-20-26(12-14-30(28)38)36(44)42-18-16-24(2)40-32-8-4-6-10-34(32)42/h3-14,19-20,23-24,39-40H,15-18,21-22H2,1-2H3. The zero-order valence-electron chi connectivity index (χ0n) is 25.4. The predicted molar refractivity (Wildman–Crippen MR) is 188 cm³/mol. The largest absolute Gasteiger partial charge is 0.381 e. The van der Waals surface area contributed by atoms with Crippen LogP contribution in [0.3, 0.4) is 0 Å². The molecule has 0 saturated heterocycles. The number of carbonyl (C=O) groups is 2. The number of carbonyl (C=O) groups excluding carboxylic acids is 2. The van der Waals surface area contributed by atoms with Gasteiger partial charge in [-0.1, -0.05) is 56.1 Å². The molecule has 0 bridgehead atoms. The van der Waals surface area contributed by atoms with E-state index in [0.29, 0.717) is 37.4 Å². The maximum atomic E-state index is 13.8. The van der Waals surface area contributed by atoms with Crippen LogP contribution in [0.15, 0.2) is 93.9 Å². The molecule has 0 radical (unpaired) electrons. The third-order valence-electron chi connectivity index (χ3n) is 8.36. The van der Waals surface area contributed by atoms with E-state index in [1.54, 1.807) is 0 Å². The van der Waals surface area contributed by atoms with Gasteiger partial charge in [-0.25, -0.2) is 0 Å². The number of halogens is 2. The van der Waals surface area contributed by atoms with Gasteiger partial charge >= 0.3 is 0 Å². The van der Waals surface area contributed by atoms with Crippen molar-refractivity contribution in [3.8, 4) is 0 Å². The highest BCUT2D eigenvalue weighted by atomic mass is 79.9. The third kappa shape index (κ3) is 6.95. The monoisotopic (exact) mass is 730 g/mol. The zero-order chi connectivity index (χ0) is 31.5. The van der Waals surface area contributed by atoms with Gasteiger partial charge in [-0.2, -0.15) is 0 Å². The second kappa shape index (κ2) is 13.8. The second-order valence-corrected chi connectivity index (χ2v) is 13.4. The molecule has 0 spiro atoms. The fourth-order valence-corrected chi connectivity index (χ4v) is 6.59. The molecule has 45 heavy (non-hydrogen) atoms. The van der Waals surface area contributed by atoms with Crippen LogP contribution in [-0.2, 0) is 18.0 Å². The molecular formula is C36H36Br2N4O3. The number of fused-ring (bicyclic) bond motifs is 2. The molecule has 0 saturated carbocycles. The predicted octanol–water partition coefficient (Wildman–Crippen LogP) is 8.63. The highest BCUT2D eigenvalue weighted by Crippen LogP contribution is 2.33. The molecule has 0 aliphatic carbocycles. The van der Waals surface area contributed by atoms with Crippen LogP contribution in [-0.4, -0.2) is 37.0 Å². The SMILES string of the molecule is CC1CCN(C(=O)c2ccc(Br)c(COCc3cc(C(=O)N4CCC(C)Nc5ccccc54)ccc3Br)c2)c2ccccc2N1. The Labute approximate surface area is 281 Å². The minimum atomic E-state index is -0.0410. The zero-order valence-corrected chi connectivity index (χ0v) is 28.5. The van der Waals surface area contributed by atoms with Crippen molar-refractivity contribution in [3.63, 3.8) is 0 Å². The molecule has 2 N–H and O–H groups in total. The lowest BCUT2D eigenvalue weighted by atomic mass is 10.1. The Morgan fingerprint density at radius 1 is 0.689 bits per heavy atom. The molecule has 2 heterocycles. The van der Waals surface area contributed by atoms with Crippen molar-refractivity contribution in [3.05, 3.63) is 116 Å². The molecule has 6 rings (SSSR count).